The summed E-state index contributed by atoms with van der Waals surface area (Å²) < 4.78 is 11.1. The van der Waals surface area contributed by atoms with Crippen molar-refractivity contribution in [3.8, 4) is 11.5 Å². The summed E-state index contributed by atoms with van der Waals surface area (Å²) in [5.41, 5.74) is 1.03. The molecule has 2 aromatic carbocycles. The summed E-state index contributed by atoms with van der Waals surface area (Å²) in [5, 5.41) is 11.2. The van der Waals surface area contributed by atoms with E-state index in [1.54, 1.807) is 25.2 Å². The lowest BCUT2D eigenvalue weighted by Crippen LogP contribution is -2.30. The lowest BCUT2D eigenvalue weighted by atomic mass is 10.0. The van der Waals surface area contributed by atoms with Crippen LogP contribution in [0, 0.1) is 10.1 Å². The molecular weight excluding hydrogens is 416 g/mol. The second-order valence-electron chi connectivity index (χ2n) is 6.19. The summed E-state index contributed by atoms with van der Waals surface area (Å²) in [5.74, 6) is 1.13. The number of methoxy groups -OCH3 is 2. The van der Waals surface area contributed by atoms with Crippen LogP contribution in [0.3, 0.4) is 0 Å². The molecule has 2 aromatic rings. The van der Waals surface area contributed by atoms with Crippen molar-refractivity contribution in [3.05, 3.63) is 62.1 Å². The van der Waals surface area contributed by atoms with Gasteiger partial charge in [0.1, 0.15) is 11.5 Å². The molecule has 0 bridgehead atoms. The normalized spacial score (nSPS) is 16.3. The second kappa shape index (κ2) is 7.96. The zero-order valence-corrected chi connectivity index (χ0v) is 16.6. The first-order valence-corrected chi connectivity index (χ1v) is 9.22. The van der Waals surface area contributed by atoms with E-state index in [4.69, 9.17) is 9.47 Å². The van der Waals surface area contributed by atoms with E-state index in [0.29, 0.717) is 28.1 Å². The van der Waals surface area contributed by atoms with Gasteiger partial charge in [0.15, 0.2) is 0 Å². The Kier molecular flexibility index (Phi) is 5.65. The number of nitro groups is 1. The number of carbonyl (C=O) groups is 1. The van der Waals surface area contributed by atoms with Gasteiger partial charge in [0.25, 0.3) is 11.6 Å². The van der Waals surface area contributed by atoms with Crippen LogP contribution in [-0.4, -0.2) is 36.5 Å². The van der Waals surface area contributed by atoms with Gasteiger partial charge in [-0.05, 0) is 59.1 Å². The number of halogens is 1. The average molecular weight is 435 g/mol. The van der Waals surface area contributed by atoms with Gasteiger partial charge in [-0.15, -0.1) is 0 Å². The van der Waals surface area contributed by atoms with Crippen LogP contribution < -0.4 is 9.47 Å². The number of hydrogen-bond acceptors (Lipinski definition) is 5. The van der Waals surface area contributed by atoms with Crippen LogP contribution in [-0.2, 0) is 0 Å². The first-order valence-electron chi connectivity index (χ1n) is 8.43. The number of ether oxygens (including phenoxy) is 2. The molecule has 142 valence electrons. The number of benzene rings is 2. The van der Waals surface area contributed by atoms with E-state index >= 15 is 0 Å². The molecule has 1 atom stereocenters. The Morgan fingerprint density at radius 2 is 2.00 bits per heavy atom. The van der Waals surface area contributed by atoms with Gasteiger partial charge in [0.05, 0.1) is 29.7 Å². The van der Waals surface area contributed by atoms with Crippen molar-refractivity contribution in [2.45, 2.75) is 18.9 Å². The lowest BCUT2D eigenvalue weighted by molar-refractivity contribution is -0.385. The van der Waals surface area contributed by atoms with E-state index in [0.717, 1.165) is 18.4 Å². The Morgan fingerprint density at radius 1 is 1.22 bits per heavy atom. The van der Waals surface area contributed by atoms with Crippen molar-refractivity contribution >= 4 is 27.5 Å². The van der Waals surface area contributed by atoms with Crippen LogP contribution in [0.1, 0.15) is 34.8 Å². The SMILES string of the molecule is COc1ccc(OC)c(C2CCCN2C(=O)c2ccc(Br)c([N+](=O)[O-])c2)c1. The average Bonchev–Trinajstić information content (AvgIpc) is 3.16. The van der Waals surface area contributed by atoms with E-state index in [2.05, 4.69) is 15.9 Å². The van der Waals surface area contributed by atoms with Crippen LogP contribution in [0.2, 0.25) is 0 Å². The highest BCUT2D eigenvalue weighted by molar-refractivity contribution is 9.10. The monoisotopic (exact) mass is 434 g/mol. The number of carbonyl (C=O) groups excluding carboxylic acids is 1. The molecule has 0 radical (unpaired) electrons. The highest BCUT2D eigenvalue weighted by Crippen LogP contribution is 2.40. The van der Waals surface area contributed by atoms with E-state index < -0.39 is 4.92 Å². The zero-order chi connectivity index (χ0) is 19.6. The van der Waals surface area contributed by atoms with Crippen molar-refractivity contribution in [1.82, 2.24) is 4.90 Å². The van der Waals surface area contributed by atoms with Crippen LogP contribution >= 0.6 is 15.9 Å². The van der Waals surface area contributed by atoms with Gasteiger partial charge in [-0.25, -0.2) is 0 Å². The summed E-state index contributed by atoms with van der Waals surface area (Å²) in [6.07, 6.45) is 1.63. The summed E-state index contributed by atoms with van der Waals surface area (Å²) in [7, 11) is 3.18. The predicted octanol–water partition coefficient (Wildman–Crippen LogP) is 4.35. The molecule has 0 saturated carbocycles. The first kappa shape index (κ1) is 19.2. The molecule has 1 fully saturated rings. The Bertz CT molecular complexity index is 886. The van der Waals surface area contributed by atoms with Crippen LogP contribution in [0.4, 0.5) is 5.69 Å². The molecule has 1 amide bonds. The summed E-state index contributed by atoms with van der Waals surface area (Å²) >= 11 is 3.15. The number of amides is 1. The molecule has 1 saturated heterocycles. The molecule has 1 heterocycles. The van der Waals surface area contributed by atoms with Gasteiger partial charge in [-0.2, -0.15) is 0 Å². The topological polar surface area (TPSA) is 81.9 Å². The maximum Gasteiger partial charge on any atom is 0.284 e. The van der Waals surface area contributed by atoms with Crippen LogP contribution in [0.25, 0.3) is 0 Å². The molecule has 27 heavy (non-hydrogen) atoms. The third-order valence-corrected chi connectivity index (χ3v) is 5.37. The minimum Gasteiger partial charge on any atom is -0.497 e. The van der Waals surface area contributed by atoms with Crippen LogP contribution in [0.5, 0.6) is 11.5 Å². The molecule has 1 aliphatic heterocycles. The Balaban J connectivity index is 1.96. The summed E-state index contributed by atoms with van der Waals surface area (Å²) in [6, 6.07) is 9.76. The van der Waals surface area contributed by atoms with Crippen molar-refractivity contribution in [3.63, 3.8) is 0 Å². The fourth-order valence-electron chi connectivity index (χ4n) is 3.38. The fraction of sp³-hybridized carbons (Fsp3) is 0.316. The van der Waals surface area contributed by atoms with E-state index in [-0.39, 0.29) is 17.6 Å². The predicted molar refractivity (Wildman–Crippen MR) is 103 cm³/mol. The highest BCUT2D eigenvalue weighted by atomic mass is 79.9. The zero-order valence-electron chi connectivity index (χ0n) is 15.0. The number of nitrogens with zero attached hydrogens (tertiary/aromatic N) is 2. The van der Waals surface area contributed by atoms with Gasteiger partial charge < -0.3 is 14.4 Å². The minimum absolute atomic E-state index is 0.129. The quantitative estimate of drug-likeness (QED) is 0.515. The molecule has 1 unspecified atom stereocenters. The smallest absolute Gasteiger partial charge is 0.284 e. The van der Waals surface area contributed by atoms with Gasteiger partial charge in [0.2, 0.25) is 0 Å². The molecule has 3 rings (SSSR count). The Labute approximate surface area is 165 Å². The third-order valence-electron chi connectivity index (χ3n) is 4.70. The minimum atomic E-state index is -0.507. The van der Waals surface area contributed by atoms with Crippen molar-refractivity contribution < 1.29 is 19.2 Å². The Hall–Kier alpha value is -2.61. The molecular formula is C19H19BrN2O5. The van der Waals surface area contributed by atoms with Crippen LogP contribution in [0.15, 0.2) is 40.9 Å². The standard InChI is InChI=1S/C19H19BrN2O5/c1-26-13-6-8-18(27-2)14(11-13)16-4-3-9-21(16)19(23)12-5-7-15(20)17(10-12)22(24)25/h5-8,10-11,16H,3-4,9H2,1-2H3. The molecule has 8 heteroatoms. The molecule has 0 spiro atoms. The number of nitro benzene ring substituents is 1. The third kappa shape index (κ3) is 3.75. The van der Waals surface area contributed by atoms with Gasteiger partial charge in [-0.1, -0.05) is 0 Å². The lowest BCUT2D eigenvalue weighted by Gasteiger charge is -2.26. The molecule has 7 nitrogen and oxygen atoms in total. The van der Waals surface area contributed by atoms with E-state index in [1.165, 1.54) is 12.1 Å². The fourth-order valence-corrected chi connectivity index (χ4v) is 3.78. The van der Waals surface area contributed by atoms with E-state index in [1.807, 2.05) is 18.2 Å². The van der Waals surface area contributed by atoms with E-state index in [9.17, 15) is 14.9 Å². The van der Waals surface area contributed by atoms with Crippen molar-refractivity contribution in [2.75, 3.05) is 20.8 Å². The first-order chi connectivity index (χ1) is 13.0. The number of rotatable bonds is 5. The van der Waals surface area contributed by atoms with Gasteiger partial charge in [0, 0.05) is 23.7 Å². The summed E-state index contributed by atoms with van der Waals surface area (Å²) in [4.78, 5) is 25.5. The van der Waals surface area contributed by atoms with Crippen molar-refractivity contribution in [1.29, 1.82) is 0 Å². The number of likely N-dealkylation sites (tertiary alicyclic amines) is 1. The molecule has 0 aromatic heterocycles. The second-order valence-corrected chi connectivity index (χ2v) is 7.04. The molecule has 0 aliphatic carbocycles. The number of hydrogen-bond donors (Lipinski definition) is 0. The van der Waals surface area contributed by atoms with Crippen molar-refractivity contribution in [2.24, 2.45) is 0 Å². The Morgan fingerprint density at radius 3 is 2.67 bits per heavy atom. The highest BCUT2D eigenvalue weighted by Gasteiger charge is 2.33. The molecule has 1 aliphatic rings. The largest absolute Gasteiger partial charge is 0.497 e. The maximum absolute atomic E-state index is 13.1. The maximum atomic E-state index is 13.1. The van der Waals surface area contributed by atoms with Gasteiger partial charge >= 0.3 is 0 Å². The molecule has 0 N–H and O–H groups in total. The van der Waals surface area contributed by atoms with Gasteiger partial charge in [-0.3, -0.25) is 14.9 Å². The summed E-state index contributed by atoms with van der Waals surface area (Å²) in [6.45, 7) is 0.577.